The lowest BCUT2D eigenvalue weighted by Gasteiger charge is -2.39. The fraction of sp³-hybridized carbons (Fsp3) is 0.650. The van der Waals surface area contributed by atoms with Gasteiger partial charge in [0.05, 0.1) is 5.41 Å². The summed E-state index contributed by atoms with van der Waals surface area (Å²) < 4.78 is 1.83. The molecule has 1 N–H and O–H groups in total. The molecular weight excluding hydrogens is 330 g/mol. The maximum Gasteiger partial charge on any atom is 0.311 e. The first-order valence-corrected chi connectivity index (χ1v) is 9.55. The lowest BCUT2D eigenvalue weighted by molar-refractivity contribution is -0.151. The van der Waals surface area contributed by atoms with Crippen molar-refractivity contribution in [2.45, 2.75) is 58.8 Å². The number of aliphatic carboxylic acids is 1. The quantitative estimate of drug-likeness (QED) is 0.839. The molecule has 1 aromatic rings. The van der Waals surface area contributed by atoms with Crippen molar-refractivity contribution < 1.29 is 14.7 Å². The van der Waals surface area contributed by atoms with E-state index in [9.17, 15) is 14.7 Å². The molecule has 2 heterocycles. The number of carboxylic acids is 1. The second-order valence-corrected chi connectivity index (χ2v) is 8.01. The first-order valence-electron chi connectivity index (χ1n) is 9.55. The molecule has 6 nitrogen and oxygen atoms in total. The first kappa shape index (κ1) is 18.7. The molecule has 0 spiro atoms. The van der Waals surface area contributed by atoms with Crippen molar-refractivity contribution in [3.63, 3.8) is 0 Å². The van der Waals surface area contributed by atoms with E-state index in [1.807, 2.05) is 31.7 Å². The average Bonchev–Trinajstić information content (AvgIpc) is 2.96. The van der Waals surface area contributed by atoms with E-state index in [0.717, 1.165) is 42.5 Å². The van der Waals surface area contributed by atoms with Gasteiger partial charge in [-0.25, -0.2) is 0 Å². The van der Waals surface area contributed by atoms with Crippen molar-refractivity contribution in [3.05, 3.63) is 28.6 Å². The summed E-state index contributed by atoms with van der Waals surface area (Å²) in [6, 6.07) is 0. The van der Waals surface area contributed by atoms with Crippen LogP contribution in [0.25, 0.3) is 0 Å². The molecule has 1 aliphatic carbocycles. The summed E-state index contributed by atoms with van der Waals surface area (Å²) in [6.45, 7) is 4.81. The number of aromatic nitrogens is 2. The number of allylic oxidation sites excluding steroid dienone is 2. The van der Waals surface area contributed by atoms with Gasteiger partial charge in [0.25, 0.3) is 5.91 Å². The molecule has 0 unspecified atom stereocenters. The summed E-state index contributed by atoms with van der Waals surface area (Å²) in [7, 11) is 1.90. The molecule has 0 radical (unpaired) electrons. The van der Waals surface area contributed by atoms with Gasteiger partial charge in [-0.2, -0.15) is 5.10 Å². The number of carbonyl (C=O) groups excluding carboxylic acids is 1. The number of likely N-dealkylation sites (tertiary alicyclic amines) is 1. The number of fused-ring (bicyclic) bond motifs is 1. The third-order valence-electron chi connectivity index (χ3n) is 5.79. The third kappa shape index (κ3) is 3.41. The lowest BCUT2D eigenvalue weighted by Crippen LogP contribution is -2.50. The van der Waals surface area contributed by atoms with E-state index >= 15 is 0 Å². The Bertz CT molecular complexity index is 746. The Hall–Kier alpha value is -2.11. The van der Waals surface area contributed by atoms with E-state index in [4.69, 9.17) is 0 Å². The SMILES string of the molecule is CC(C)=CC[C@]1(C(=O)O)CCCN(C(=O)c2nn(C)c3c2CCCC3)C1. The Kier molecular flexibility index (Phi) is 5.21. The van der Waals surface area contributed by atoms with E-state index in [0.29, 0.717) is 31.5 Å². The summed E-state index contributed by atoms with van der Waals surface area (Å²) in [5.74, 6) is -0.915. The number of carbonyl (C=O) groups is 2. The van der Waals surface area contributed by atoms with Crippen LogP contribution in [0.3, 0.4) is 0 Å². The molecule has 1 aromatic heterocycles. The van der Waals surface area contributed by atoms with E-state index in [1.165, 1.54) is 0 Å². The summed E-state index contributed by atoms with van der Waals surface area (Å²) in [6.07, 6.45) is 7.83. The lowest BCUT2D eigenvalue weighted by atomic mass is 9.76. The topological polar surface area (TPSA) is 75.4 Å². The zero-order valence-electron chi connectivity index (χ0n) is 16.0. The number of hydrogen-bond acceptors (Lipinski definition) is 3. The monoisotopic (exact) mass is 359 g/mol. The fourth-order valence-corrected chi connectivity index (χ4v) is 4.23. The highest BCUT2D eigenvalue weighted by atomic mass is 16.4. The molecule has 6 heteroatoms. The summed E-state index contributed by atoms with van der Waals surface area (Å²) >= 11 is 0. The van der Waals surface area contributed by atoms with Crippen LogP contribution >= 0.6 is 0 Å². The number of aryl methyl sites for hydroxylation is 1. The number of nitrogens with zero attached hydrogens (tertiary/aromatic N) is 3. The minimum atomic E-state index is -0.889. The normalized spacial score (nSPS) is 22.7. The summed E-state index contributed by atoms with van der Waals surface area (Å²) in [4.78, 5) is 26.9. The van der Waals surface area contributed by atoms with Crippen molar-refractivity contribution >= 4 is 11.9 Å². The molecule has 0 bridgehead atoms. The molecule has 0 saturated carbocycles. The molecule has 0 aromatic carbocycles. The number of piperidine rings is 1. The van der Waals surface area contributed by atoms with Gasteiger partial charge in [0.15, 0.2) is 5.69 Å². The Morgan fingerprint density at radius 3 is 2.65 bits per heavy atom. The second-order valence-electron chi connectivity index (χ2n) is 8.01. The second kappa shape index (κ2) is 7.25. The zero-order valence-corrected chi connectivity index (χ0v) is 16.0. The molecule has 1 aliphatic heterocycles. The number of carboxylic acid groups (broad SMARTS) is 1. The molecule has 26 heavy (non-hydrogen) atoms. The van der Waals surface area contributed by atoms with Gasteiger partial charge in [-0.05, 0) is 58.8 Å². The maximum atomic E-state index is 13.2. The largest absolute Gasteiger partial charge is 0.481 e. The highest BCUT2D eigenvalue weighted by Gasteiger charge is 2.43. The van der Waals surface area contributed by atoms with Crippen LogP contribution in [0.15, 0.2) is 11.6 Å². The van der Waals surface area contributed by atoms with E-state index < -0.39 is 11.4 Å². The first-order chi connectivity index (χ1) is 12.3. The van der Waals surface area contributed by atoms with Crippen LogP contribution in [-0.2, 0) is 24.7 Å². The summed E-state index contributed by atoms with van der Waals surface area (Å²) in [5.41, 5.74) is 2.98. The predicted molar refractivity (Wildman–Crippen MR) is 99.1 cm³/mol. The van der Waals surface area contributed by atoms with Crippen molar-refractivity contribution in [2.75, 3.05) is 13.1 Å². The van der Waals surface area contributed by atoms with E-state index in [-0.39, 0.29) is 12.5 Å². The minimum absolute atomic E-state index is 0.105. The number of rotatable bonds is 4. The Morgan fingerprint density at radius 1 is 1.23 bits per heavy atom. The van der Waals surface area contributed by atoms with Crippen LogP contribution in [0.4, 0.5) is 0 Å². The van der Waals surface area contributed by atoms with Crippen molar-refractivity contribution in [1.82, 2.24) is 14.7 Å². The van der Waals surface area contributed by atoms with Gasteiger partial charge in [0.2, 0.25) is 0 Å². The van der Waals surface area contributed by atoms with Crippen LogP contribution in [0.1, 0.15) is 67.7 Å². The van der Waals surface area contributed by atoms with Crippen molar-refractivity contribution in [2.24, 2.45) is 12.5 Å². The van der Waals surface area contributed by atoms with Gasteiger partial charge < -0.3 is 10.0 Å². The summed E-state index contributed by atoms with van der Waals surface area (Å²) in [5, 5.41) is 14.4. The average molecular weight is 359 g/mol. The molecular formula is C20H29N3O3. The molecule has 1 amide bonds. The standard InChI is InChI=1S/C20H29N3O3/c1-14(2)9-11-20(19(25)26)10-6-12-23(13-20)18(24)17-15-7-4-5-8-16(15)22(3)21-17/h9H,4-8,10-13H2,1-3H3,(H,25,26)/t20-/m1/s1. The highest BCUT2D eigenvalue weighted by Crippen LogP contribution is 2.36. The third-order valence-corrected chi connectivity index (χ3v) is 5.79. The number of amides is 1. The molecule has 142 valence electrons. The Morgan fingerprint density at radius 2 is 1.96 bits per heavy atom. The van der Waals surface area contributed by atoms with Crippen molar-refractivity contribution in [3.8, 4) is 0 Å². The van der Waals surface area contributed by atoms with Gasteiger partial charge in [0, 0.05) is 31.4 Å². The van der Waals surface area contributed by atoms with Crippen molar-refractivity contribution in [1.29, 1.82) is 0 Å². The number of hydrogen-bond donors (Lipinski definition) is 1. The van der Waals surface area contributed by atoms with Crippen LogP contribution in [0, 0.1) is 5.41 Å². The Balaban J connectivity index is 1.86. The molecule has 1 saturated heterocycles. The molecule has 2 aliphatic rings. The zero-order chi connectivity index (χ0) is 18.9. The molecule has 1 atom stereocenters. The maximum absolute atomic E-state index is 13.2. The van der Waals surface area contributed by atoms with Gasteiger partial charge in [0.1, 0.15) is 0 Å². The van der Waals surface area contributed by atoms with Crippen LogP contribution in [0.2, 0.25) is 0 Å². The smallest absolute Gasteiger partial charge is 0.311 e. The van der Waals surface area contributed by atoms with Crippen LogP contribution in [-0.4, -0.2) is 44.8 Å². The van der Waals surface area contributed by atoms with Gasteiger partial charge in [-0.15, -0.1) is 0 Å². The predicted octanol–water partition coefficient (Wildman–Crippen LogP) is 2.96. The molecule has 3 rings (SSSR count). The molecule has 1 fully saturated rings. The van der Waals surface area contributed by atoms with Gasteiger partial charge in [-0.3, -0.25) is 14.3 Å². The van der Waals surface area contributed by atoms with E-state index in [2.05, 4.69) is 5.10 Å². The van der Waals surface area contributed by atoms with Gasteiger partial charge in [-0.1, -0.05) is 11.6 Å². The van der Waals surface area contributed by atoms with Gasteiger partial charge >= 0.3 is 5.97 Å². The Labute approximate surface area is 154 Å². The highest BCUT2D eigenvalue weighted by molar-refractivity contribution is 5.94. The fourth-order valence-electron chi connectivity index (χ4n) is 4.23. The minimum Gasteiger partial charge on any atom is -0.481 e. The van der Waals surface area contributed by atoms with Crippen LogP contribution < -0.4 is 0 Å². The van der Waals surface area contributed by atoms with Crippen LogP contribution in [0.5, 0.6) is 0 Å². The van der Waals surface area contributed by atoms with E-state index in [1.54, 1.807) is 4.90 Å².